The second-order valence-corrected chi connectivity index (χ2v) is 26.2. The number of para-hydroxylation sites is 3. The van der Waals surface area contributed by atoms with Crippen molar-refractivity contribution in [2.45, 2.75) is 97.8 Å². The molecular weight excluding hydrogens is 1020 g/mol. The molecule has 0 atom stereocenters. The Bertz CT molecular complexity index is 4980. The van der Waals surface area contributed by atoms with E-state index in [0.717, 1.165) is 147 Å². The zero-order valence-corrected chi connectivity index (χ0v) is 49.1. The van der Waals surface area contributed by atoms with Gasteiger partial charge in [0.1, 0.15) is 34.3 Å². The Hall–Kier alpha value is -9.26. The van der Waals surface area contributed by atoms with Crippen LogP contribution in [0.25, 0.3) is 121 Å². The van der Waals surface area contributed by atoms with Crippen LogP contribution < -0.4 is 4.74 Å². The van der Waals surface area contributed by atoms with E-state index in [-0.39, 0.29) is 16.2 Å². The Balaban J connectivity index is 0.990. The maximum Gasteiger partial charge on any atom is 0.149 e. The monoisotopic (exact) mass is 1090 g/mol. The molecule has 4 aromatic heterocycles. The van der Waals surface area contributed by atoms with Crippen LogP contribution in [0.1, 0.15) is 105 Å². The van der Waals surface area contributed by atoms with E-state index in [1.807, 2.05) is 6.20 Å². The quantitative estimate of drug-likeness (QED) is 0.142. The lowest BCUT2D eigenvalue weighted by Crippen LogP contribution is -2.20. The fourth-order valence-electron chi connectivity index (χ4n) is 13.4. The maximum absolute atomic E-state index is 9.67. The summed E-state index contributed by atoms with van der Waals surface area (Å²) in [6.07, 6.45) is 5.75. The van der Waals surface area contributed by atoms with Crippen molar-refractivity contribution in [3.8, 4) is 56.6 Å². The van der Waals surface area contributed by atoms with Crippen LogP contribution in [0.5, 0.6) is 11.5 Å². The van der Waals surface area contributed by atoms with E-state index in [0.29, 0.717) is 11.5 Å². The summed E-state index contributed by atoms with van der Waals surface area (Å²) in [6.45, 7) is 18.3. The Morgan fingerprint density at radius 3 is 2.02 bits per heavy atom. The number of aromatic nitrogens is 4. The summed E-state index contributed by atoms with van der Waals surface area (Å²) in [4.78, 5) is 10.6. The fraction of sp³-hybridized carbons (Fsp3) is 0.205. The normalized spacial score (nSPS) is 14.8. The SMILES string of the molecule is [2H]C1(c2ccc(-c3cc4oc5c(-c6nc7ccccc7n6-c6ccc(-c7ccccc7)cc6C(C)(C)C)cc(Oc6ccc7c8ccccc8n(-c8cc(C(C)(C)C)ccn8)c7c6)cc5c4c4c3ccc3ccccc34)cc2)CCC(C)(C)CC1. The molecule has 1 aliphatic carbocycles. The molecule has 15 rings (SSSR count). The first-order valence-corrected chi connectivity index (χ1v) is 29.8. The van der Waals surface area contributed by atoms with Crippen LogP contribution in [-0.4, -0.2) is 19.1 Å². The first-order valence-electron chi connectivity index (χ1n) is 30.3. The van der Waals surface area contributed by atoms with E-state index in [1.165, 1.54) is 16.7 Å². The highest BCUT2D eigenvalue weighted by molar-refractivity contribution is 6.30. The van der Waals surface area contributed by atoms with Crippen LogP contribution in [0.4, 0.5) is 0 Å². The van der Waals surface area contributed by atoms with Crippen LogP contribution in [0.2, 0.25) is 0 Å². The second-order valence-electron chi connectivity index (χ2n) is 26.2. The molecule has 0 bridgehead atoms. The fourth-order valence-corrected chi connectivity index (χ4v) is 13.4. The van der Waals surface area contributed by atoms with Gasteiger partial charge in [-0.25, -0.2) is 9.97 Å². The molecule has 0 saturated heterocycles. The van der Waals surface area contributed by atoms with Gasteiger partial charge in [-0.3, -0.25) is 9.13 Å². The number of rotatable bonds is 8. The van der Waals surface area contributed by atoms with Gasteiger partial charge in [-0.15, -0.1) is 0 Å². The molecule has 10 aromatic carbocycles. The van der Waals surface area contributed by atoms with Gasteiger partial charge in [-0.2, -0.15) is 0 Å². The molecule has 0 radical (unpaired) electrons. The van der Waals surface area contributed by atoms with Gasteiger partial charge in [0.2, 0.25) is 0 Å². The standard InChI is InChI=1S/C78H68N4O2/c1-76(2,3)54-38-41-79-71(43-54)81-66-24-16-14-22-58(66)59-34-32-55(46-69(59)81)83-56-44-62-73-70(47-61(60-33-30-51-20-12-13-21-57(51)72(60)73)52-28-26-49(27-29-52)50-36-39-78(7,8)40-37-50)84-74(62)63(45-56)75-80-65-23-15-17-25-68(65)82(75)67-35-31-53(42-64(67)77(4,5)6)48-18-10-9-11-19-48/h9-35,38,41-47,50H,36-37,39-40H2,1-8H3/i50D. The van der Waals surface area contributed by atoms with Gasteiger partial charge in [0.25, 0.3) is 0 Å². The molecule has 14 aromatic rings. The van der Waals surface area contributed by atoms with Crippen LogP contribution in [-0.2, 0) is 10.8 Å². The molecule has 84 heavy (non-hydrogen) atoms. The third-order valence-electron chi connectivity index (χ3n) is 18.0. The minimum Gasteiger partial charge on any atom is -0.457 e. The van der Waals surface area contributed by atoms with Crippen molar-refractivity contribution in [1.82, 2.24) is 19.1 Å². The largest absolute Gasteiger partial charge is 0.457 e. The first kappa shape index (κ1) is 50.5. The predicted octanol–water partition coefficient (Wildman–Crippen LogP) is 21.8. The van der Waals surface area contributed by atoms with E-state index in [4.69, 9.17) is 19.1 Å². The molecule has 1 saturated carbocycles. The van der Waals surface area contributed by atoms with Gasteiger partial charge in [0.15, 0.2) is 0 Å². The number of nitrogens with zero attached hydrogens (tertiary/aromatic N) is 4. The van der Waals surface area contributed by atoms with Crippen LogP contribution >= 0.6 is 0 Å². The van der Waals surface area contributed by atoms with Gasteiger partial charge in [-0.1, -0.05) is 183 Å². The van der Waals surface area contributed by atoms with Crippen molar-refractivity contribution in [3.63, 3.8) is 0 Å². The molecule has 0 spiro atoms. The second kappa shape index (κ2) is 19.4. The Labute approximate surface area is 492 Å². The lowest BCUT2D eigenvalue weighted by Gasteiger charge is -2.34. The molecule has 0 unspecified atom stereocenters. The summed E-state index contributed by atoms with van der Waals surface area (Å²) in [7, 11) is 0. The van der Waals surface area contributed by atoms with E-state index in [1.54, 1.807) is 0 Å². The number of hydrogen-bond donors (Lipinski definition) is 0. The van der Waals surface area contributed by atoms with Crippen molar-refractivity contribution < 1.29 is 10.5 Å². The highest BCUT2D eigenvalue weighted by Crippen LogP contribution is 2.49. The molecule has 4 heterocycles. The van der Waals surface area contributed by atoms with Crippen molar-refractivity contribution in [1.29, 1.82) is 0 Å². The average Bonchev–Trinajstić information content (AvgIpc) is 2.06. The van der Waals surface area contributed by atoms with Gasteiger partial charge >= 0.3 is 0 Å². The number of pyridine rings is 1. The Morgan fingerprint density at radius 2 is 1.24 bits per heavy atom. The van der Waals surface area contributed by atoms with E-state index >= 15 is 0 Å². The number of furan rings is 1. The highest BCUT2D eigenvalue weighted by atomic mass is 16.5. The Morgan fingerprint density at radius 1 is 0.536 bits per heavy atom. The molecular formula is C78H68N4O2. The first-order chi connectivity index (χ1) is 41.0. The summed E-state index contributed by atoms with van der Waals surface area (Å²) in [6, 6.07) is 73.9. The van der Waals surface area contributed by atoms with Crippen molar-refractivity contribution in [2.24, 2.45) is 5.41 Å². The summed E-state index contributed by atoms with van der Waals surface area (Å²) in [5, 5.41) is 8.71. The zero-order chi connectivity index (χ0) is 58.1. The number of imidazole rings is 1. The van der Waals surface area contributed by atoms with Gasteiger partial charge in [0.05, 0.1) is 33.3 Å². The Kier molecular flexibility index (Phi) is 11.7. The van der Waals surface area contributed by atoms with E-state index in [2.05, 4.69) is 271 Å². The van der Waals surface area contributed by atoms with Gasteiger partial charge < -0.3 is 9.15 Å². The molecule has 1 fully saturated rings. The van der Waals surface area contributed by atoms with Crippen LogP contribution in [0.3, 0.4) is 0 Å². The molecule has 412 valence electrons. The van der Waals surface area contributed by atoms with Crippen molar-refractivity contribution >= 4 is 76.3 Å². The number of hydrogen-bond acceptors (Lipinski definition) is 4. The number of benzene rings is 10. The number of ether oxygens (including phenoxy) is 1. The van der Waals surface area contributed by atoms with Crippen LogP contribution in [0, 0.1) is 5.41 Å². The third kappa shape index (κ3) is 8.76. The minimum absolute atomic E-state index is 0.0673. The molecule has 6 nitrogen and oxygen atoms in total. The highest BCUT2D eigenvalue weighted by Gasteiger charge is 2.30. The summed E-state index contributed by atoms with van der Waals surface area (Å²) in [5.41, 5.74) is 15.2. The third-order valence-corrected chi connectivity index (χ3v) is 18.0. The molecule has 0 amide bonds. The van der Waals surface area contributed by atoms with Gasteiger partial charge in [0, 0.05) is 40.6 Å². The maximum atomic E-state index is 9.67. The predicted molar refractivity (Wildman–Crippen MR) is 351 cm³/mol. The van der Waals surface area contributed by atoms with E-state index in [9.17, 15) is 1.37 Å². The molecule has 6 heteroatoms. The van der Waals surface area contributed by atoms with Gasteiger partial charge in [-0.05, 0) is 176 Å². The van der Waals surface area contributed by atoms with Crippen molar-refractivity contribution in [3.05, 3.63) is 229 Å². The lowest BCUT2D eigenvalue weighted by molar-refractivity contribution is 0.224. The summed E-state index contributed by atoms with van der Waals surface area (Å²) in [5.74, 6) is 2.34. The summed E-state index contributed by atoms with van der Waals surface area (Å²) < 4.78 is 29.1. The van der Waals surface area contributed by atoms with E-state index < -0.39 is 5.89 Å². The molecule has 0 aliphatic heterocycles. The molecule has 1 aliphatic rings. The molecule has 0 N–H and O–H groups in total. The average molecular weight is 1090 g/mol. The minimum atomic E-state index is -0.599. The zero-order valence-electron chi connectivity index (χ0n) is 50.1. The number of fused-ring (bicyclic) bond motifs is 11. The topological polar surface area (TPSA) is 58.0 Å². The van der Waals surface area contributed by atoms with Crippen molar-refractivity contribution in [2.75, 3.05) is 0 Å². The van der Waals surface area contributed by atoms with Crippen LogP contribution in [0.15, 0.2) is 217 Å². The smallest absolute Gasteiger partial charge is 0.149 e. The lowest BCUT2D eigenvalue weighted by atomic mass is 9.71. The summed E-state index contributed by atoms with van der Waals surface area (Å²) >= 11 is 0.